The lowest BCUT2D eigenvalue weighted by atomic mass is 9.85. The van der Waals surface area contributed by atoms with E-state index < -0.39 is 0 Å². The molecule has 2 rings (SSSR count). The Morgan fingerprint density at radius 1 is 1.38 bits per heavy atom. The molecule has 0 atom stereocenters. The van der Waals surface area contributed by atoms with Crippen molar-refractivity contribution in [2.75, 3.05) is 26.7 Å². The van der Waals surface area contributed by atoms with Crippen LogP contribution in [0.3, 0.4) is 0 Å². The Kier molecular flexibility index (Phi) is 2.61. The lowest BCUT2D eigenvalue weighted by Crippen LogP contribution is -2.34. The fourth-order valence-corrected chi connectivity index (χ4v) is 2.30. The van der Waals surface area contributed by atoms with Crippen molar-refractivity contribution >= 4 is 0 Å². The van der Waals surface area contributed by atoms with Gasteiger partial charge in [0.2, 0.25) is 0 Å². The van der Waals surface area contributed by atoms with Gasteiger partial charge in [0.05, 0.1) is 0 Å². The van der Waals surface area contributed by atoms with Crippen LogP contribution in [0.2, 0.25) is 0 Å². The van der Waals surface area contributed by atoms with Crippen molar-refractivity contribution in [1.29, 1.82) is 0 Å². The molecular weight excluding hydrogens is 162 g/mol. The lowest BCUT2D eigenvalue weighted by Gasteiger charge is -2.31. The molecule has 0 aromatic carbocycles. The van der Waals surface area contributed by atoms with E-state index in [0.29, 0.717) is 12.0 Å². The van der Waals surface area contributed by atoms with Gasteiger partial charge < -0.3 is 10.0 Å². The summed E-state index contributed by atoms with van der Waals surface area (Å²) >= 11 is 0. The molecule has 0 bridgehead atoms. The van der Waals surface area contributed by atoms with Crippen LogP contribution in [0.15, 0.2) is 0 Å². The third-order valence-electron chi connectivity index (χ3n) is 3.69. The van der Waals surface area contributed by atoms with E-state index in [2.05, 4.69) is 11.9 Å². The molecule has 0 saturated heterocycles. The summed E-state index contributed by atoms with van der Waals surface area (Å²) in [7, 11) is 2.20. The van der Waals surface area contributed by atoms with E-state index >= 15 is 0 Å². The molecule has 0 heterocycles. The molecule has 2 heteroatoms. The first-order valence-electron chi connectivity index (χ1n) is 5.53. The third-order valence-corrected chi connectivity index (χ3v) is 3.69. The van der Waals surface area contributed by atoms with Crippen molar-refractivity contribution in [2.45, 2.75) is 32.1 Å². The molecule has 76 valence electrons. The smallest absolute Gasteiger partial charge is 0.0499 e. The maximum atomic E-state index is 9.18. The minimum Gasteiger partial charge on any atom is -0.396 e. The number of hydrogen-bond donors (Lipinski definition) is 1. The molecular formula is C11H21NO. The number of rotatable bonds is 5. The minimum absolute atomic E-state index is 0.304. The first-order valence-corrected chi connectivity index (χ1v) is 5.53. The molecule has 0 spiro atoms. The molecule has 13 heavy (non-hydrogen) atoms. The summed E-state index contributed by atoms with van der Waals surface area (Å²) in [4.78, 5) is 2.42. The van der Waals surface area contributed by atoms with Crippen molar-refractivity contribution in [2.24, 2.45) is 11.3 Å². The predicted molar refractivity (Wildman–Crippen MR) is 53.6 cm³/mol. The van der Waals surface area contributed by atoms with E-state index in [1.165, 1.54) is 38.6 Å². The summed E-state index contributed by atoms with van der Waals surface area (Å²) in [5, 5.41) is 9.18. The van der Waals surface area contributed by atoms with Crippen LogP contribution in [0.25, 0.3) is 0 Å². The highest BCUT2D eigenvalue weighted by Crippen LogP contribution is 2.45. The molecule has 0 aliphatic heterocycles. The normalized spacial score (nSPS) is 26.1. The van der Waals surface area contributed by atoms with Crippen LogP contribution in [0.5, 0.6) is 0 Å². The second-order valence-corrected chi connectivity index (χ2v) is 5.15. The second kappa shape index (κ2) is 3.58. The van der Waals surface area contributed by atoms with Gasteiger partial charge in [-0.05, 0) is 38.6 Å². The predicted octanol–water partition coefficient (Wildman–Crippen LogP) is 1.49. The van der Waals surface area contributed by atoms with E-state index in [0.717, 1.165) is 12.5 Å². The maximum absolute atomic E-state index is 9.18. The zero-order valence-corrected chi connectivity index (χ0v) is 8.63. The maximum Gasteiger partial charge on any atom is 0.0499 e. The SMILES string of the molecule is CN(CC1CCC1)CC1(CO)CC1. The molecule has 1 N–H and O–H groups in total. The van der Waals surface area contributed by atoms with E-state index in [-0.39, 0.29) is 0 Å². The number of aliphatic hydroxyl groups excluding tert-OH is 1. The Balaban J connectivity index is 1.68. The van der Waals surface area contributed by atoms with Crippen molar-refractivity contribution in [1.82, 2.24) is 4.90 Å². The molecule has 0 unspecified atom stereocenters. The Morgan fingerprint density at radius 2 is 2.08 bits per heavy atom. The van der Waals surface area contributed by atoms with Crippen molar-refractivity contribution < 1.29 is 5.11 Å². The van der Waals surface area contributed by atoms with Crippen molar-refractivity contribution in [3.63, 3.8) is 0 Å². The first-order chi connectivity index (χ1) is 6.24. The van der Waals surface area contributed by atoms with Gasteiger partial charge in [0.15, 0.2) is 0 Å². The Bertz CT molecular complexity index is 173. The van der Waals surface area contributed by atoms with E-state index in [4.69, 9.17) is 0 Å². The van der Waals surface area contributed by atoms with Gasteiger partial charge in [-0.25, -0.2) is 0 Å². The van der Waals surface area contributed by atoms with E-state index in [1.807, 2.05) is 0 Å². The number of nitrogens with zero attached hydrogens (tertiary/aromatic N) is 1. The highest BCUT2D eigenvalue weighted by Gasteiger charge is 2.42. The Labute approximate surface area is 80.9 Å². The van der Waals surface area contributed by atoms with Gasteiger partial charge in [-0.3, -0.25) is 0 Å². The second-order valence-electron chi connectivity index (χ2n) is 5.15. The monoisotopic (exact) mass is 183 g/mol. The van der Waals surface area contributed by atoms with E-state index in [9.17, 15) is 5.11 Å². The molecule has 2 nitrogen and oxygen atoms in total. The lowest BCUT2D eigenvalue weighted by molar-refractivity contribution is 0.136. The highest BCUT2D eigenvalue weighted by molar-refractivity contribution is 4.94. The number of aliphatic hydroxyl groups is 1. The first kappa shape index (κ1) is 9.47. The minimum atomic E-state index is 0.304. The van der Waals surface area contributed by atoms with Gasteiger partial charge in [0, 0.05) is 25.1 Å². The van der Waals surface area contributed by atoms with Gasteiger partial charge in [-0.2, -0.15) is 0 Å². The summed E-state index contributed by atoms with van der Waals surface area (Å²) in [6.45, 7) is 2.75. The molecule has 0 radical (unpaired) electrons. The van der Waals surface area contributed by atoms with E-state index in [1.54, 1.807) is 0 Å². The highest BCUT2D eigenvalue weighted by atomic mass is 16.3. The molecule has 0 amide bonds. The van der Waals surface area contributed by atoms with Gasteiger partial charge in [0.25, 0.3) is 0 Å². The fraction of sp³-hybridized carbons (Fsp3) is 1.00. The molecule has 2 saturated carbocycles. The average molecular weight is 183 g/mol. The van der Waals surface area contributed by atoms with Gasteiger partial charge in [0.1, 0.15) is 0 Å². The summed E-state index contributed by atoms with van der Waals surface area (Å²) in [5.74, 6) is 0.958. The van der Waals surface area contributed by atoms with Crippen LogP contribution >= 0.6 is 0 Å². The summed E-state index contributed by atoms with van der Waals surface area (Å²) < 4.78 is 0. The average Bonchev–Trinajstić information content (AvgIpc) is 2.78. The summed E-state index contributed by atoms with van der Waals surface area (Å²) in [5.41, 5.74) is 0.304. The largest absolute Gasteiger partial charge is 0.396 e. The van der Waals surface area contributed by atoms with Gasteiger partial charge >= 0.3 is 0 Å². The molecule has 0 aromatic rings. The van der Waals surface area contributed by atoms with Crippen LogP contribution in [-0.2, 0) is 0 Å². The summed E-state index contributed by atoms with van der Waals surface area (Å²) in [6.07, 6.45) is 6.76. The van der Waals surface area contributed by atoms with Gasteiger partial charge in [-0.1, -0.05) is 6.42 Å². The van der Waals surface area contributed by atoms with Gasteiger partial charge in [-0.15, -0.1) is 0 Å². The quantitative estimate of drug-likeness (QED) is 0.698. The van der Waals surface area contributed by atoms with Crippen molar-refractivity contribution in [3.05, 3.63) is 0 Å². The molecule has 0 aromatic heterocycles. The van der Waals surface area contributed by atoms with Crippen LogP contribution < -0.4 is 0 Å². The molecule has 2 fully saturated rings. The summed E-state index contributed by atoms with van der Waals surface area (Å²) in [6, 6.07) is 0. The van der Waals surface area contributed by atoms with Crippen molar-refractivity contribution in [3.8, 4) is 0 Å². The molecule has 2 aliphatic carbocycles. The Hall–Kier alpha value is -0.0800. The fourth-order valence-electron chi connectivity index (χ4n) is 2.30. The molecule has 2 aliphatic rings. The zero-order chi connectivity index (χ0) is 9.31. The van der Waals surface area contributed by atoms with Crippen LogP contribution in [0.4, 0.5) is 0 Å². The zero-order valence-electron chi connectivity index (χ0n) is 8.63. The van der Waals surface area contributed by atoms with Crippen LogP contribution in [0, 0.1) is 11.3 Å². The third kappa shape index (κ3) is 2.23. The topological polar surface area (TPSA) is 23.5 Å². The standard InChI is InChI=1S/C11H21NO/c1-12(7-10-3-2-4-10)8-11(9-13)5-6-11/h10,13H,2-9H2,1H3. The van der Waals surface area contributed by atoms with Crippen LogP contribution in [-0.4, -0.2) is 36.8 Å². The van der Waals surface area contributed by atoms with Crippen LogP contribution in [0.1, 0.15) is 32.1 Å². The Morgan fingerprint density at radius 3 is 2.46 bits per heavy atom. The number of hydrogen-bond acceptors (Lipinski definition) is 2.